The van der Waals surface area contributed by atoms with Crippen LogP contribution in [0.4, 0.5) is 26.3 Å². The molecule has 0 radical (unpaired) electrons. The molecule has 2 saturated heterocycles. The first-order valence-corrected chi connectivity index (χ1v) is 13.1. The number of nitrogens with zero attached hydrogens (tertiary/aromatic N) is 3. The zero-order valence-electron chi connectivity index (χ0n) is 23.9. The lowest BCUT2D eigenvalue weighted by Crippen LogP contribution is -2.48. The minimum Gasteiger partial charge on any atom is -0.497 e. The van der Waals surface area contributed by atoms with Crippen LogP contribution in [-0.4, -0.2) is 110 Å². The van der Waals surface area contributed by atoms with E-state index in [1.54, 1.807) is 7.11 Å². The molecule has 15 heteroatoms. The van der Waals surface area contributed by atoms with Crippen LogP contribution < -0.4 is 4.74 Å². The largest absolute Gasteiger partial charge is 0.497 e. The van der Waals surface area contributed by atoms with Gasteiger partial charge in [-0.3, -0.25) is 9.69 Å². The fraction of sp³-hybridized carbons (Fsp3) is 0.667. The predicted octanol–water partition coefficient (Wildman–Crippen LogP) is 3.97. The highest BCUT2D eigenvalue weighted by molar-refractivity contribution is 5.84. The number of aliphatic carboxylic acids is 2. The molecule has 2 heterocycles. The standard InChI is InChI=1S/C23H35N3O2.2C2HF3O2/c1-24(2)21(27)23-10-9-22(20(23)16-25(3)17-23)11-13-26(14-12-22)15-18-5-7-19(28-4)8-6-18;2*3-2(4,5)1(6)7/h5-8,20H,9-17H2,1-4H3;2*(H,6,7)/t20-,23+;;/m0../s1. The summed E-state index contributed by atoms with van der Waals surface area (Å²) in [4.78, 5) is 37.8. The zero-order chi connectivity index (χ0) is 32.1. The summed E-state index contributed by atoms with van der Waals surface area (Å²) >= 11 is 0. The van der Waals surface area contributed by atoms with Crippen LogP contribution >= 0.6 is 0 Å². The van der Waals surface area contributed by atoms with Gasteiger partial charge in [0.15, 0.2) is 0 Å². The molecule has 4 rings (SSSR count). The molecular formula is C27H37F6N3O6. The number of methoxy groups -OCH3 is 1. The van der Waals surface area contributed by atoms with Crippen LogP contribution in [0.1, 0.15) is 31.2 Å². The minimum atomic E-state index is -5.08. The van der Waals surface area contributed by atoms with Crippen LogP contribution in [-0.2, 0) is 20.9 Å². The fourth-order valence-corrected chi connectivity index (χ4v) is 6.34. The molecule has 1 aromatic rings. The maximum Gasteiger partial charge on any atom is 0.490 e. The molecule has 9 nitrogen and oxygen atoms in total. The van der Waals surface area contributed by atoms with Gasteiger partial charge in [0.1, 0.15) is 5.75 Å². The van der Waals surface area contributed by atoms with Crippen molar-refractivity contribution in [3.63, 3.8) is 0 Å². The number of rotatable bonds is 4. The van der Waals surface area contributed by atoms with Crippen molar-refractivity contribution in [1.82, 2.24) is 14.7 Å². The maximum atomic E-state index is 13.2. The van der Waals surface area contributed by atoms with Gasteiger partial charge < -0.3 is 24.7 Å². The van der Waals surface area contributed by atoms with Gasteiger partial charge in [-0.05, 0) is 74.8 Å². The quantitative estimate of drug-likeness (QED) is 0.491. The van der Waals surface area contributed by atoms with Gasteiger partial charge in [0.05, 0.1) is 12.5 Å². The number of fused-ring (bicyclic) bond motifs is 2. The van der Waals surface area contributed by atoms with Gasteiger partial charge in [0, 0.05) is 33.7 Å². The molecule has 1 spiro atoms. The molecule has 1 saturated carbocycles. The summed E-state index contributed by atoms with van der Waals surface area (Å²) in [5.74, 6) is -3.72. The van der Waals surface area contributed by atoms with Gasteiger partial charge in [-0.1, -0.05) is 12.1 Å². The number of carboxylic acids is 2. The van der Waals surface area contributed by atoms with E-state index in [1.165, 1.54) is 24.8 Å². The molecule has 0 aromatic heterocycles. The summed E-state index contributed by atoms with van der Waals surface area (Å²) in [5, 5.41) is 14.2. The molecule has 0 unspecified atom stereocenters. The minimum absolute atomic E-state index is 0.142. The summed E-state index contributed by atoms with van der Waals surface area (Å²) in [5.41, 5.74) is 1.56. The van der Waals surface area contributed by atoms with Crippen LogP contribution in [0.3, 0.4) is 0 Å². The van der Waals surface area contributed by atoms with Crippen molar-refractivity contribution in [3.05, 3.63) is 29.8 Å². The van der Waals surface area contributed by atoms with Crippen molar-refractivity contribution < 1.29 is 55.7 Å². The second-order valence-corrected chi connectivity index (χ2v) is 11.2. The van der Waals surface area contributed by atoms with Gasteiger partial charge in [-0.2, -0.15) is 26.3 Å². The molecule has 2 aliphatic heterocycles. The van der Waals surface area contributed by atoms with E-state index in [1.807, 2.05) is 31.1 Å². The Balaban J connectivity index is 0.000000367. The molecule has 3 fully saturated rings. The number of carbonyl (C=O) groups is 3. The van der Waals surface area contributed by atoms with Gasteiger partial charge in [-0.25, -0.2) is 9.59 Å². The van der Waals surface area contributed by atoms with E-state index in [-0.39, 0.29) is 5.41 Å². The Hall–Kier alpha value is -3.07. The number of amides is 1. The lowest BCUT2D eigenvalue weighted by atomic mass is 9.65. The highest BCUT2D eigenvalue weighted by atomic mass is 19.4. The number of carboxylic acid groups (broad SMARTS) is 2. The van der Waals surface area contributed by atoms with Crippen LogP contribution in [0.25, 0.3) is 0 Å². The number of ether oxygens (including phenoxy) is 1. The summed E-state index contributed by atoms with van der Waals surface area (Å²) in [6.07, 6.45) is -5.42. The number of halogens is 6. The fourth-order valence-electron chi connectivity index (χ4n) is 6.34. The van der Waals surface area contributed by atoms with Crippen molar-refractivity contribution in [2.75, 3.05) is 54.4 Å². The first-order chi connectivity index (χ1) is 19.3. The first kappa shape index (κ1) is 35.1. The Morgan fingerprint density at radius 2 is 1.40 bits per heavy atom. The van der Waals surface area contributed by atoms with Crippen molar-refractivity contribution in [2.24, 2.45) is 16.7 Å². The third-order valence-corrected chi connectivity index (χ3v) is 8.26. The van der Waals surface area contributed by atoms with Crippen LogP contribution in [0.5, 0.6) is 5.75 Å². The number of hydrogen-bond donors (Lipinski definition) is 2. The smallest absolute Gasteiger partial charge is 0.490 e. The van der Waals surface area contributed by atoms with Crippen molar-refractivity contribution in [2.45, 2.75) is 44.6 Å². The first-order valence-electron chi connectivity index (χ1n) is 13.1. The van der Waals surface area contributed by atoms with E-state index in [2.05, 4.69) is 29.0 Å². The van der Waals surface area contributed by atoms with Gasteiger partial charge in [0.2, 0.25) is 5.91 Å². The molecule has 42 heavy (non-hydrogen) atoms. The molecular weight excluding hydrogens is 576 g/mol. The molecule has 0 bridgehead atoms. The molecule has 2 N–H and O–H groups in total. The number of hydrogen-bond acceptors (Lipinski definition) is 6. The Bertz CT molecular complexity index is 1060. The van der Waals surface area contributed by atoms with Crippen LogP contribution in [0, 0.1) is 16.7 Å². The third-order valence-electron chi connectivity index (χ3n) is 8.26. The number of alkyl halides is 6. The Labute approximate surface area is 240 Å². The SMILES string of the molecule is COc1ccc(CN2CCC3(CC2)CC[C@@]2(C(=O)N(C)C)CN(C)C[C@@H]32)cc1.O=C(O)C(F)(F)F.O=C(O)C(F)(F)F. The second-order valence-electron chi connectivity index (χ2n) is 11.2. The monoisotopic (exact) mass is 613 g/mol. The predicted molar refractivity (Wildman–Crippen MR) is 139 cm³/mol. The number of likely N-dealkylation sites (tertiary alicyclic amines) is 2. The molecule has 1 aliphatic carbocycles. The molecule has 2 atom stereocenters. The summed E-state index contributed by atoms with van der Waals surface area (Å²) < 4.78 is 68.7. The number of carbonyl (C=O) groups excluding carboxylic acids is 1. The highest BCUT2D eigenvalue weighted by Gasteiger charge is 2.64. The highest BCUT2D eigenvalue weighted by Crippen LogP contribution is 2.62. The lowest BCUT2D eigenvalue weighted by molar-refractivity contribution is -0.193. The zero-order valence-corrected chi connectivity index (χ0v) is 23.9. The van der Waals surface area contributed by atoms with E-state index >= 15 is 0 Å². The summed E-state index contributed by atoms with van der Waals surface area (Å²) in [7, 11) is 7.75. The van der Waals surface area contributed by atoms with Gasteiger partial charge in [0.25, 0.3) is 0 Å². The number of benzene rings is 1. The summed E-state index contributed by atoms with van der Waals surface area (Å²) in [6, 6.07) is 8.44. The van der Waals surface area contributed by atoms with E-state index in [0.717, 1.165) is 44.9 Å². The second kappa shape index (κ2) is 13.5. The van der Waals surface area contributed by atoms with Crippen molar-refractivity contribution in [1.29, 1.82) is 0 Å². The van der Waals surface area contributed by atoms with E-state index < -0.39 is 24.3 Å². The van der Waals surface area contributed by atoms with Gasteiger partial charge >= 0.3 is 24.3 Å². The topological polar surface area (TPSA) is 111 Å². The Morgan fingerprint density at radius 3 is 1.81 bits per heavy atom. The molecule has 1 amide bonds. The average molecular weight is 614 g/mol. The normalized spacial score (nSPS) is 23.6. The van der Waals surface area contributed by atoms with E-state index in [4.69, 9.17) is 24.5 Å². The van der Waals surface area contributed by atoms with Crippen molar-refractivity contribution in [3.8, 4) is 5.75 Å². The molecule has 238 valence electrons. The Kier molecular flexibility index (Phi) is 11.3. The maximum absolute atomic E-state index is 13.2. The number of piperidine rings is 1. The lowest BCUT2D eigenvalue weighted by Gasteiger charge is -2.44. The summed E-state index contributed by atoms with van der Waals surface area (Å²) in [6.45, 7) is 5.30. The molecule has 3 aliphatic rings. The van der Waals surface area contributed by atoms with Crippen molar-refractivity contribution >= 4 is 17.8 Å². The van der Waals surface area contributed by atoms with E-state index in [9.17, 15) is 31.1 Å². The Morgan fingerprint density at radius 1 is 0.929 bits per heavy atom. The third kappa shape index (κ3) is 8.49. The average Bonchev–Trinajstić information content (AvgIpc) is 3.39. The van der Waals surface area contributed by atoms with Gasteiger partial charge in [-0.15, -0.1) is 0 Å². The van der Waals surface area contributed by atoms with Crippen LogP contribution in [0.15, 0.2) is 24.3 Å². The van der Waals surface area contributed by atoms with E-state index in [0.29, 0.717) is 17.2 Å². The van der Waals surface area contributed by atoms with Crippen LogP contribution in [0.2, 0.25) is 0 Å². The molecule has 1 aromatic carbocycles.